The lowest BCUT2D eigenvalue weighted by Gasteiger charge is -2.37. The summed E-state index contributed by atoms with van der Waals surface area (Å²) in [4.78, 5) is 24.3. The fourth-order valence-corrected chi connectivity index (χ4v) is 2.35. The highest BCUT2D eigenvalue weighted by molar-refractivity contribution is 5.94. The van der Waals surface area contributed by atoms with Crippen LogP contribution >= 0.6 is 0 Å². The maximum Gasteiger partial charge on any atom is 0.416 e. The van der Waals surface area contributed by atoms with Gasteiger partial charge in [0.1, 0.15) is 5.75 Å². The molecule has 1 aromatic rings. The Balaban J connectivity index is 2.11. The molecule has 1 N–H and O–H groups in total. The summed E-state index contributed by atoms with van der Waals surface area (Å²) in [7, 11) is 0. The minimum atomic E-state index is -4.78. The van der Waals surface area contributed by atoms with Crippen LogP contribution in [-0.4, -0.2) is 60.0 Å². The van der Waals surface area contributed by atoms with E-state index in [2.05, 4.69) is 10.7 Å². The maximum absolute atomic E-state index is 12.9. The van der Waals surface area contributed by atoms with Gasteiger partial charge in [-0.05, 0) is 24.3 Å². The maximum atomic E-state index is 12.9. The Morgan fingerprint density at radius 3 is 2.50 bits per heavy atom. The Morgan fingerprint density at radius 1 is 1.31 bits per heavy atom. The van der Waals surface area contributed by atoms with Gasteiger partial charge >= 0.3 is 12.1 Å². The van der Waals surface area contributed by atoms with Gasteiger partial charge in [0.15, 0.2) is 12.2 Å². The number of carbonyl (C=O) groups excluding carboxylic acids is 1. The Morgan fingerprint density at radius 2 is 1.96 bits per heavy atom. The summed E-state index contributed by atoms with van der Waals surface area (Å²) in [6, 6.07) is 5.75. The van der Waals surface area contributed by atoms with Crippen molar-refractivity contribution in [3.8, 4) is 18.1 Å². The highest BCUT2D eigenvalue weighted by atomic mass is 19.4. The topological polar surface area (TPSA) is 76.1 Å². The summed E-state index contributed by atoms with van der Waals surface area (Å²) in [5, 5.41) is 8.97. The molecule has 6 nitrogen and oxygen atoms in total. The second-order valence-electron chi connectivity index (χ2n) is 5.53. The van der Waals surface area contributed by atoms with Gasteiger partial charge in [0.05, 0.1) is 19.7 Å². The lowest BCUT2D eigenvalue weighted by molar-refractivity contribution is -0.250. The number of hydrogen-bond donors (Lipinski definition) is 1. The van der Waals surface area contributed by atoms with Gasteiger partial charge in [-0.2, -0.15) is 13.2 Å². The van der Waals surface area contributed by atoms with E-state index in [1.165, 1.54) is 24.3 Å². The van der Waals surface area contributed by atoms with Crippen LogP contribution in [0.2, 0.25) is 0 Å². The van der Waals surface area contributed by atoms with Gasteiger partial charge in [-0.25, -0.2) is 4.79 Å². The molecule has 2 atom stereocenters. The summed E-state index contributed by atoms with van der Waals surface area (Å²) in [5.74, 6) is 0.577. The van der Waals surface area contributed by atoms with E-state index in [9.17, 15) is 22.8 Å². The number of carbonyl (C=O) groups is 2. The second kappa shape index (κ2) is 8.10. The summed E-state index contributed by atoms with van der Waals surface area (Å²) >= 11 is 0. The van der Waals surface area contributed by atoms with Gasteiger partial charge in [-0.15, -0.1) is 12.3 Å². The Kier molecular flexibility index (Phi) is 6.10. The molecule has 1 saturated heterocycles. The molecular weight excluding hydrogens is 355 g/mol. The number of alkyl halides is 3. The van der Waals surface area contributed by atoms with E-state index in [1.807, 2.05) is 0 Å². The monoisotopic (exact) mass is 371 g/mol. The van der Waals surface area contributed by atoms with E-state index >= 15 is 0 Å². The molecule has 140 valence electrons. The number of hydrogen-bond acceptors (Lipinski definition) is 4. The smallest absolute Gasteiger partial charge is 0.416 e. The van der Waals surface area contributed by atoms with E-state index in [4.69, 9.17) is 16.3 Å². The fraction of sp³-hybridized carbons (Fsp3) is 0.412. The van der Waals surface area contributed by atoms with Crippen LogP contribution in [-0.2, 0) is 9.53 Å². The molecule has 0 saturated carbocycles. The molecule has 2 rings (SSSR count). The lowest BCUT2D eigenvalue weighted by Crippen LogP contribution is -2.56. The van der Waals surface area contributed by atoms with Crippen LogP contribution < -0.4 is 4.74 Å². The fourth-order valence-electron chi connectivity index (χ4n) is 2.35. The van der Waals surface area contributed by atoms with Crippen molar-refractivity contribution in [1.29, 1.82) is 0 Å². The lowest BCUT2D eigenvalue weighted by atomic mass is 10.1. The molecule has 0 bridgehead atoms. The van der Waals surface area contributed by atoms with Crippen LogP contribution in [0.5, 0.6) is 5.75 Å². The van der Waals surface area contributed by atoms with Crippen molar-refractivity contribution in [2.45, 2.75) is 24.8 Å². The first kappa shape index (κ1) is 19.6. The summed E-state index contributed by atoms with van der Waals surface area (Å²) < 4.78 is 48.7. The number of ether oxygens (including phenoxy) is 2. The molecule has 1 amide bonds. The predicted molar refractivity (Wildman–Crippen MR) is 83.6 cm³/mol. The normalized spacial score (nSPS) is 20.3. The average molecular weight is 371 g/mol. The number of benzene rings is 1. The molecule has 1 fully saturated rings. The van der Waals surface area contributed by atoms with Crippen LogP contribution in [0.1, 0.15) is 16.8 Å². The first-order chi connectivity index (χ1) is 12.2. The van der Waals surface area contributed by atoms with Crippen LogP contribution in [0.4, 0.5) is 13.2 Å². The minimum Gasteiger partial charge on any atom is -0.493 e. The van der Waals surface area contributed by atoms with Gasteiger partial charge in [-0.3, -0.25) is 4.79 Å². The number of terminal acetylenes is 1. The molecule has 0 spiro atoms. The molecule has 1 aromatic carbocycles. The zero-order chi connectivity index (χ0) is 19.3. The van der Waals surface area contributed by atoms with E-state index in [0.717, 1.165) is 4.90 Å². The Hall–Kier alpha value is -2.73. The largest absolute Gasteiger partial charge is 0.493 e. The van der Waals surface area contributed by atoms with Crippen molar-refractivity contribution in [3.05, 3.63) is 29.8 Å². The van der Waals surface area contributed by atoms with Crippen LogP contribution in [0.3, 0.4) is 0 Å². The number of amides is 1. The molecule has 2 unspecified atom stereocenters. The zero-order valence-electron chi connectivity index (χ0n) is 13.5. The number of morpholine rings is 1. The molecule has 0 radical (unpaired) electrons. The van der Waals surface area contributed by atoms with Crippen LogP contribution in [0.25, 0.3) is 0 Å². The first-order valence-electron chi connectivity index (χ1n) is 7.63. The van der Waals surface area contributed by atoms with Crippen molar-refractivity contribution in [2.24, 2.45) is 0 Å². The van der Waals surface area contributed by atoms with Crippen molar-refractivity contribution in [1.82, 2.24) is 4.90 Å². The van der Waals surface area contributed by atoms with Gasteiger partial charge < -0.3 is 19.5 Å². The molecule has 1 aliphatic rings. The molecule has 26 heavy (non-hydrogen) atoms. The quantitative estimate of drug-likeness (QED) is 0.633. The first-order valence-corrected chi connectivity index (χ1v) is 7.63. The van der Waals surface area contributed by atoms with Crippen molar-refractivity contribution in [3.63, 3.8) is 0 Å². The predicted octanol–water partition coefficient (Wildman–Crippen LogP) is 1.95. The average Bonchev–Trinajstić information content (AvgIpc) is 2.60. The van der Waals surface area contributed by atoms with E-state index in [-0.39, 0.29) is 5.56 Å². The molecular formula is C17H16F3NO5. The summed E-state index contributed by atoms with van der Waals surface area (Å²) in [5.41, 5.74) is 0.112. The number of rotatable bonds is 5. The SMILES string of the molecule is C#CCCOc1ccc(C(=O)N2CC(C(=O)O)OC(C(F)(F)F)C2)cc1. The highest BCUT2D eigenvalue weighted by Crippen LogP contribution is 2.28. The van der Waals surface area contributed by atoms with Gasteiger partial charge in [-0.1, -0.05) is 0 Å². The minimum absolute atomic E-state index is 0.112. The van der Waals surface area contributed by atoms with Crippen LogP contribution in [0.15, 0.2) is 24.3 Å². The van der Waals surface area contributed by atoms with E-state index in [0.29, 0.717) is 18.8 Å². The summed E-state index contributed by atoms with van der Waals surface area (Å²) in [6.45, 7) is -0.950. The van der Waals surface area contributed by atoms with Crippen molar-refractivity contribution in [2.75, 3.05) is 19.7 Å². The Bertz CT molecular complexity index is 696. The van der Waals surface area contributed by atoms with Crippen LogP contribution in [0, 0.1) is 12.3 Å². The number of carboxylic acids is 1. The molecule has 1 heterocycles. The Labute approximate surface area is 147 Å². The van der Waals surface area contributed by atoms with Gasteiger partial charge in [0.2, 0.25) is 0 Å². The van der Waals surface area contributed by atoms with Crippen molar-refractivity contribution >= 4 is 11.9 Å². The molecule has 9 heteroatoms. The number of carboxylic acid groups (broad SMARTS) is 1. The number of halogens is 3. The van der Waals surface area contributed by atoms with Gasteiger partial charge in [0, 0.05) is 12.0 Å². The number of nitrogens with zero attached hydrogens (tertiary/aromatic N) is 1. The standard InChI is InChI=1S/C17H16F3NO5/c1-2-3-8-25-12-6-4-11(5-7-12)15(22)21-9-13(16(23)24)26-14(10-21)17(18,19)20/h1,4-7,13-14H,3,8-10H2,(H,23,24). The number of aliphatic carboxylic acids is 1. The summed E-state index contributed by atoms with van der Waals surface area (Å²) in [6.07, 6.45) is -3.37. The highest BCUT2D eigenvalue weighted by Gasteiger charge is 2.48. The second-order valence-corrected chi connectivity index (χ2v) is 5.53. The molecule has 0 aromatic heterocycles. The van der Waals surface area contributed by atoms with Gasteiger partial charge in [0.25, 0.3) is 5.91 Å². The third-order valence-corrected chi connectivity index (χ3v) is 3.65. The third kappa shape index (κ3) is 4.89. The molecule has 1 aliphatic heterocycles. The third-order valence-electron chi connectivity index (χ3n) is 3.65. The molecule has 0 aliphatic carbocycles. The van der Waals surface area contributed by atoms with E-state index in [1.54, 1.807) is 0 Å². The van der Waals surface area contributed by atoms with E-state index < -0.39 is 43.4 Å². The van der Waals surface area contributed by atoms with Crippen molar-refractivity contribution < 1.29 is 37.3 Å². The zero-order valence-corrected chi connectivity index (χ0v) is 13.5.